The van der Waals surface area contributed by atoms with Crippen molar-refractivity contribution < 1.29 is 4.39 Å². The summed E-state index contributed by atoms with van der Waals surface area (Å²) in [5.74, 6) is -0.338. The standard InChI is InChI=1S/C9H7BrFN3/c10-5-1-2-6(7(11)3-5)9-8(12)4-13-14-9/h1-4H,12H2,(H,13,14). The van der Waals surface area contributed by atoms with Crippen LogP contribution in [0.1, 0.15) is 0 Å². The molecular weight excluding hydrogens is 249 g/mol. The third-order valence-electron chi connectivity index (χ3n) is 1.87. The SMILES string of the molecule is Nc1cn[nH]c1-c1ccc(Br)cc1F. The smallest absolute Gasteiger partial charge is 0.133 e. The summed E-state index contributed by atoms with van der Waals surface area (Å²) >= 11 is 3.18. The summed E-state index contributed by atoms with van der Waals surface area (Å²) in [6.07, 6.45) is 1.46. The van der Waals surface area contributed by atoms with Crippen molar-refractivity contribution in [2.75, 3.05) is 5.73 Å². The molecule has 2 aromatic rings. The Morgan fingerprint density at radius 3 is 2.79 bits per heavy atom. The van der Waals surface area contributed by atoms with E-state index in [9.17, 15) is 4.39 Å². The lowest BCUT2D eigenvalue weighted by Crippen LogP contribution is -1.89. The molecule has 0 fully saturated rings. The average molecular weight is 256 g/mol. The van der Waals surface area contributed by atoms with Gasteiger partial charge in [0, 0.05) is 10.0 Å². The monoisotopic (exact) mass is 255 g/mol. The van der Waals surface area contributed by atoms with Crippen molar-refractivity contribution in [1.29, 1.82) is 0 Å². The molecule has 1 aromatic heterocycles. The average Bonchev–Trinajstić information content (AvgIpc) is 2.52. The number of hydrogen-bond acceptors (Lipinski definition) is 2. The normalized spacial score (nSPS) is 10.4. The molecular formula is C9H7BrFN3. The zero-order valence-corrected chi connectivity index (χ0v) is 8.68. The topological polar surface area (TPSA) is 54.7 Å². The number of anilines is 1. The maximum absolute atomic E-state index is 13.5. The number of aromatic nitrogens is 2. The first kappa shape index (κ1) is 9.21. The van der Waals surface area contributed by atoms with Gasteiger partial charge in [-0.15, -0.1) is 0 Å². The molecule has 0 aliphatic heterocycles. The molecule has 0 aliphatic rings. The lowest BCUT2D eigenvalue weighted by molar-refractivity contribution is 0.630. The quantitative estimate of drug-likeness (QED) is 0.823. The number of halogens is 2. The number of rotatable bonds is 1. The molecule has 14 heavy (non-hydrogen) atoms. The minimum Gasteiger partial charge on any atom is -0.396 e. The highest BCUT2D eigenvalue weighted by molar-refractivity contribution is 9.10. The fourth-order valence-electron chi connectivity index (χ4n) is 1.20. The van der Waals surface area contributed by atoms with Crippen LogP contribution in [0, 0.1) is 5.82 Å². The molecule has 0 saturated heterocycles. The predicted octanol–water partition coefficient (Wildman–Crippen LogP) is 2.56. The van der Waals surface area contributed by atoms with Crippen LogP contribution in [0.3, 0.4) is 0 Å². The van der Waals surface area contributed by atoms with Gasteiger partial charge in [0.1, 0.15) is 5.82 Å². The molecule has 0 bridgehead atoms. The number of nitrogen functional groups attached to an aromatic ring is 1. The van der Waals surface area contributed by atoms with Crippen LogP contribution in [-0.4, -0.2) is 10.2 Å². The molecule has 0 saturated carbocycles. The molecule has 0 unspecified atom stereocenters. The van der Waals surface area contributed by atoms with Crippen LogP contribution in [0.15, 0.2) is 28.9 Å². The summed E-state index contributed by atoms with van der Waals surface area (Å²) in [4.78, 5) is 0. The van der Waals surface area contributed by atoms with Crippen molar-refractivity contribution in [3.8, 4) is 11.3 Å². The van der Waals surface area contributed by atoms with E-state index in [0.29, 0.717) is 21.4 Å². The number of H-pyrrole nitrogens is 1. The number of hydrogen-bond donors (Lipinski definition) is 2. The highest BCUT2D eigenvalue weighted by atomic mass is 79.9. The van der Waals surface area contributed by atoms with E-state index in [-0.39, 0.29) is 5.82 Å². The second kappa shape index (κ2) is 3.42. The lowest BCUT2D eigenvalue weighted by Gasteiger charge is -2.01. The summed E-state index contributed by atoms with van der Waals surface area (Å²) < 4.78 is 14.2. The van der Waals surface area contributed by atoms with Crippen molar-refractivity contribution in [2.24, 2.45) is 0 Å². The van der Waals surface area contributed by atoms with Gasteiger partial charge in [-0.2, -0.15) is 5.10 Å². The highest BCUT2D eigenvalue weighted by Crippen LogP contribution is 2.27. The van der Waals surface area contributed by atoms with Crippen LogP contribution < -0.4 is 5.73 Å². The Morgan fingerprint density at radius 1 is 1.43 bits per heavy atom. The highest BCUT2D eigenvalue weighted by Gasteiger charge is 2.09. The number of nitrogens with one attached hydrogen (secondary N) is 1. The molecule has 0 amide bonds. The van der Waals surface area contributed by atoms with Gasteiger partial charge in [-0.25, -0.2) is 4.39 Å². The fourth-order valence-corrected chi connectivity index (χ4v) is 1.54. The third-order valence-corrected chi connectivity index (χ3v) is 2.36. The van der Waals surface area contributed by atoms with Crippen molar-refractivity contribution in [2.45, 2.75) is 0 Å². The molecule has 0 radical (unpaired) electrons. The summed E-state index contributed by atoms with van der Waals surface area (Å²) in [6, 6.07) is 4.78. The molecule has 2 rings (SSSR count). The zero-order chi connectivity index (χ0) is 10.1. The van der Waals surface area contributed by atoms with E-state index in [1.807, 2.05) is 0 Å². The van der Waals surface area contributed by atoms with Gasteiger partial charge in [0.15, 0.2) is 0 Å². The first-order valence-corrected chi connectivity index (χ1v) is 4.72. The van der Waals surface area contributed by atoms with E-state index in [1.54, 1.807) is 12.1 Å². The van der Waals surface area contributed by atoms with Gasteiger partial charge in [0.2, 0.25) is 0 Å². The lowest BCUT2D eigenvalue weighted by atomic mass is 10.1. The van der Waals surface area contributed by atoms with Crippen LogP contribution in [0.4, 0.5) is 10.1 Å². The molecule has 3 nitrogen and oxygen atoms in total. The number of aromatic amines is 1. The summed E-state index contributed by atoms with van der Waals surface area (Å²) in [7, 11) is 0. The van der Waals surface area contributed by atoms with Gasteiger partial charge < -0.3 is 5.73 Å². The van der Waals surface area contributed by atoms with Gasteiger partial charge in [-0.3, -0.25) is 5.10 Å². The van der Waals surface area contributed by atoms with E-state index >= 15 is 0 Å². The maximum Gasteiger partial charge on any atom is 0.133 e. The van der Waals surface area contributed by atoms with Crippen molar-refractivity contribution in [1.82, 2.24) is 10.2 Å². The van der Waals surface area contributed by atoms with Crippen molar-refractivity contribution in [3.05, 3.63) is 34.7 Å². The van der Waals surface area contributed by atoms with E-state index in [1.165, 1.54) is 12.3 Å². The predicted molar refractivity (Wildman–Crippen MR) is 56.1 cm³/mol. The molecule has 3 N–H and O–H groups in total. The third kappa shape index (κ3) is 1.50. The van der Waals surface area contributed by atoms with Crippen LogP contribution >= 0.6 is 15.9 Å². The van der Waals surface area contributed by atoms with E-state index < -0.39 is 0 Å². The van der Waals surface area contributed by atoms with Crippen LogP contribution in [0.2, 0.25) is 0 Å². The van der Waals surface area contributed by atoms with E-state index in [4.69, 9.17) is 5.73 Å². The van der Waals surface area contributed by atoms with Crippen LogP contribution in [0.25, 0.3) is 11.3 Å². The summed E-state index contributed by atoms with van der Waals surface area (Å²) in [5, 5.41) is 6.38. The molecule has 1 aromatic carbocycles. The molecule has 0 atom stereocenters. The molecule has 1 heterocycles. The first-order chi connectivity index (χ1) is 6.68. The first-order valence-electron chi connectivity index (χ1n) is 3.93. The molecule has 72 valence electrons. The Bertz CT molecular complexity index is 467. The van der Waals surface area contributed by atoms with Gasteiger partial charge >= 0.3 is 0 Å². The number of benzene rings is 1. The minimum atomic E-state index is -0.338. The van der Waals surface area contributed by atoms with Gasteiger partial charge in [-0.05, 0) is 18.2 Å². The van der Waals surface area contributed by atoms with Crippen molar-refractivity contribution >= 4 is 21.6 Å². The Kier molecular flexibility index (Phi) is 2.25. The summed E-state index contributed by atoms with van der Waals surface area (Å²) in [6.45, 7) is 0. The van der Waals surface area contributed by atoms with Gasteiger partial charge in [-0.1, -0.05) is 15.9 Å². The van der Waals surface area contributed by atoms with Crippen LogP contribution in [0.5, 0.6) is 0 Å². The van der Waals surface area contributed by atoms with Crippen LogP contribution in [-0.2, 0) is 0 Å². The molecule has 0 aliphatic carbocycles. The minimum absolute atomic E-state index is 0.338. The van der Waals surface area contributed by atoms with E-state index in [2.05, 4.69) is 26.1 Å². The van der Waals surface area contributed by atoms with Gasteiger partial charge in [0.05, 0.1) is 17.6 Å². The Labute approximate surface area is 88.3 Å². The Morgan fingerprint density at radius 2 is 2.21 bits per heavy atom. The molecule has 5 heteroatoms. The van der Waals surface area contributed by atoms with Crippen molar-refractivity contribution in [3.63, 3.8) is 0 Å². The number of nitrogens with zero attached hydrogens (tertiary/aromatic N) is 1. The largest absolute Gasteiger partial charge is 0.396 e. The second-order valence-electron chi connectivity index (χ2n) is 2.82. The van der Waals surface area contributed by atoms with Gasteiger partial charge in [0.25, 0.3) is 0 Å². The Balaban J connectivity index is 2.58. The second-order valence-corrected chi connectivity index (χ2v) is 3.74. The number of nitrogens with two attached hydrogens (primary N) is 1. The maximum atomic E-state index is 13.5. The zero-order valence-electron chi connectivity index (χ0n) is 7.09. The molecule has 0 spiro atoms. The van der Waals surface area contributed by atoms with E-state index in [0.717, 1.165) is 0 Å². The Hall–Kier alpha value is -1.36. The fraction of sp³-hybridized carbons (Fsp3) is 0. The summed E-state index contributed by atoms with van der Waals surface area (Å²) in [5.41, 5.74) is 6.97.